The Bertz CT molecular complexity index is 904. The Labute approximate surface area is 191 Å². The van der Waals surface area contributed by atoms with Crippen molar-refractivity contribution in [2.45, 2.75) is 25.0 Å². The van der Waals surface area contributed by atoms with E-state index in [2.05, 4.69) is 37.2 Å². The quantitative estimate of drug-likeness (QED) is 0.354. The smallest absolute Gasteiger partial charge is 0.412 e. The van der Waals surface area contributed by atoms with Crippen molar-refractivity contribution >= 4 is 49.6 Å². The van der Waals surface area contributed by atoms with Gasteiger partial charge in [-0.1, -0.05) is 40.2 Å². The summed E-state index contributed by atoms with van der Waals surface area (Å²) in [6, 6.07) is 12.1. The van der Waals surface area contributed by atoms with E-state index >= 15 is 0 Å². The number of carbonyl (C=O) groups excluding carboxylic acids is 1. The molecule has 0 bridgehead atoms. The average molecular weight is 543 g/mol. The van der Waals surface area contributed by atoms with E-state index in [0.717, 1.165) is 6.08 Å². The number of hydrogen-bond acceptors (Lipinski definition) is 5. The van der Waals surface area contributed by atoms with E-state index in [9.17, 15) is 14.7 Å². The van der Waals surface area contributed by atoms with Crippen molar-refractivity contribution in [3.05, 3.63) is 69.1 Å². The Balaban J connectivity index is 2.29. The van der Waals surface area contributed by atoms with Gasteiger partial charge in [0.05, 0.1) is 10.6 Å². The van der Waals surface area contributed by atoms with Gasteiger partial charge in [0.1, 0.15) is 5.75 Å². The van der Waals surface area contributed by atoms with Crippen LogP contribution in [-0.2, 0) is 14.3 Å². The fraction of sp³-hybridized carbons (Fsp3) is 0.238. The highest BCUT2D eigenvalue weighted by Crippen LogP contribution is 2.39. The normalized spacial score (nSPS) is 13.0. The molecule has 2 rings (SSSR count). The molecule has 0 aliphatic carbocycles. The summed E-state index contributed by atoms with van der Waals surface area (Å²) in [5.41, 5.74) is 0.896. The van der Waals surface area contributed by atoms with E-state index in [1.165, 1.54) is 13.2 Å². The number of carboxylic acids is 1. The highest BCUT2D eigenvalue weighted by molar-refractivity contribution is 9.11. The number of carboxylic acid groups (broad SMARTS) is 1. The Morgan fingerprint density at radius 1 is 1.20 bits per heavy atom. The lowest BCUT2D eigenvalue weighted by Gasteiger charge is -2.27. The van der Waals surface area contributed by atoms with Gasteiger partial charge in [-0.15, -0.1) is 0 Å². The van der Waals surface area contributed by atoms with Crippen molar-refractivity contribution < 1.29 is 29.3 Å². The second-order valence-electron chi connectivity index (χ2n) is 6.23. The lowest BCUT2D eigenvalue weighted by atomic mass is 9.99. The van der Waals surface area contributed by atoms with Gasteiger partial charge in [-0.3, -0.25) is 5.32 Å². The molecule has 30 heavy (non-hydrogen) atoms. The second kappa shape index (κ2) is 11.7. The van der Waals surface area contributed by atoms with E-state index in [4.69, 9.17) is 14.6 Å². The number of hydrogen-bond donors (Lipinski definition) is 3. The predicted octanol–water partition coefficient (Wildman–Crippen LogP) is 5.64. The van der Waals surface area contributed by atoms with E-state index < -0.39 is 24.3 Å². The first-order valence-corrected chi connectivity index (χ1v) is 10.5. The number of anilines is 1. The number of phenolic OH excluding ortho intramolecular Hbond substituents is 1. The van der Waals surface area contributed by atoms with Crippen molar-refractivity contribution in [3.63, 3.8) is 0 Å². The van der Waals surface area contributed by atoms with Gasteiger partial charge in [0, 0.05) is 28.9 Å². The maximum absolute atomic E-state index is 12.5. The summed E-state index contributed by atoms with van der Waals surface area (Å²) >= 11 is 6.65. The fourth-order valence-corrected chi connectivity index (χ4v) is 4.02. The van der Waals surface area contributed by atoms with Gasteiger partial charge in [-0.05, 0) is 53.0 Å². The average Bonchev–Trinajstić information content (AvgIpc) is 2.70. The molecule has 3 N–H and O–H groups in total. The molecule has 0 saturated carbocycles. The highest BCUT2D eigenvalue weighted by atomic mass is 79.9. The number of rotatable bonds is 9. The summed E-state index contributed by atoms with van der Waals surface area (Å²) in [7, 11) is 1.46. The van der Waals surface area contributed by atoms with Crippen molar-refractivity contribution in [1.82, 2.24) is 0 Å². The van der Waals surface area contributed by atoms with Crippen molar-refractivity contribution in [2.75, 3.05) is 12.4 Å². The number of benzene rings is 2. The Morgan fingerprint density at radius 2 is 1.90 bits per heavy atom. The molecule has 160 valence electrons. The van der Waals surface area contributed by atoms with Crippen LogP contribution in [0.25, 0.3) is 0 Å². The topological polar surface area (TPSA) is 105 Å². The molecular weight excluding hydrogens is 522 g/mol. The number of para-hydroxylation sites is 1. The van der Waals surface area contributed by atoms with Crippen LogP contribution in [0, 0.1) is 0 Å². The minimum absolute atomic E-state index is 0.0844. The molecule has 0 radical (unpaired) electrons. The third kappa shape index (κ3) is 7.16. The summed E-state index contributed by atoms with van der Waals surface area (Å²) in [4.78, 5) is 23.2. The number of allylic oxidation sites excluding steroid dienone is 1. The van der Waals surface area contributed by atoms with Crippen LogP contribution in [0.5, 0.6) is 5.75 Å². The lowest BCUT2D eigenvalue weighted by molar-refractivity contribution is -0.131. The maximum atomic E-state index is 12.5. The summed E-state index contributed by atoms with van der Waals surface area (Å²) in [5.74, 6) is -1.13. The predicted molar refractivity (Wildman–Crippen MR) is 120 cm³/mol. The van der Waals surface area contributed by atoms with E-state index in [0.29, 0.717) is 33.0 Å². The molecular formula is C21H21Br2NO6. The minimum atomic E-state index is -1.05. The van der Waals surface area contributed by atoms with Crippen LogP contribution in [0.15, 0.2) is 63.6 Å². The summed E-state index contributed by atoms with van der Waals surface area (Å²) < 4.78 is 12.3. The first-order chi connectivity index (χ1) is 14.3. The van der Waals surface area contributed by atoms with Gasteiger partial charge in [0.15, 0.2) is 6.10 Å². The van der Waals surface area contributed by atoms with Crippen LogP contribution < -0.4 is 5.32 Å². The van der Waals surface area contributed by atoms with Crippen LogP contribution >= 0.6 is 31.9 Å². The largest absolute Gasteiger partial charge is 0.506 e. The standard InChI is InChI=1S/C21H21Br2NO6/c1-29-17(9-5-6-10-18(25)26)20(15-11-13(22)12-16(23)19(15)27)30-21(28)24-14-7-3-2-4-8-14/h2-4,6-8,10-12,17,20,27H,5,9H2,1H3,(H,24,28)(H,25,26)/b10-6+/t17-,20-/m1/s1. The molecule has 2 aromatic carbocycles. The molecule has 0 spiro atoms. The van der Waals surface area contributed by atoms with Gasteiger partial charge in [0.2, 0.25) is 0 Å². The highest BCUT2D eigenvalue weighted by Gasteiger charge is 2.30. The Morgan fingerprint density at radius 3 is 2.53 bits per heavy atom. The van der Waals surface area contributed by atoms with E-state index in [1.54, 1.807) is 36.4 Å². The molecule has 7 nitrogen and oxygen atoms in total. The zero-order chi connectivity index (χ0) is 22.1. The zero-order valence-corrected chi connectivity index (χ0v) is 19.2. The first-order valence-electron chi connectivity index (χ1n) is 8.94. The fourth-order valence-electron chi connectivity index (χ4n) is 2.76. The zero-order valence-electron chi connectivity index (χ0n) is 16.0. The number of halogens is 2. The van der Waals surface area contributed by atoms with Gasteiger partial charge < -0.3 is 19.7 Å². The second-order valence-corrected chi connectivity index (χ2v) is 8.00. The van der Waals surface area contributed by atoms with E-state index in [-0.39, 0.29) is 5.75 Å². The molecule has 0 aliphatic rings. The molecule has 0 saturated heterocycles. The summed E-state index contributed by atoms with van der Waals surface area (Å²) in [6.45, 7) is 0. The first kappa shape index (κ1) is 23.9. The number of ether oxygens (including phenoxy) is 2. The van der Waals surface area contributed by atoms with Crippen molar-refractivity contribution in [3.8, 4) is 5.75 Å². The van der Waals surface area contributed by atoms with Crippen LogP contribution in [0.1, 0.15) is 24.5 Å². The lowest BCUT2D eigenvalue weighted by Crippen LogP contribution is -2.28. The Hall–Kier alpha value is -2.36. The summed E-state index contributed by atoms with van der Waals surface area (Å²) in [5, 5.41) is 21.9. The van der Waals surface area contributed by atoms with Crippen LogP contribution in [0.2, 0.25) is 0 Å². The van der Waals surface area contributed by atoms with Gasteiger partial charge in [-0.2, -0.15) is 0 Å². The molecule has 1 amide bonds. The van der Waals surface area contributed by atoms with Crippen molar-refractivity contribution in [2.24, 2.45) is 0 Å². The number of methoxy groups -OCH3 is 1. The number of amides is 1. The third-order valence-electron chi connectivity index (χ3n) is 4.14. The van der Waals surface area contributed by atoms with Gasteiger partial charge in [-0.25, -0.2) is 9.59 Å². The summed E-state index contributed by atoms with van der Waals surface area (Å²) in [6.07, 6.45) is 0.950. The Kier molecular flexibility index (Phi) is 9.35. The number of phenols is 1. The third-order valence-corrected chi connectivity index (χ3v) is 5.20. The number of carbonyl (C=O) groups is 2. The minimum Gasteiger partial charge on any atom is -0.506 e. The van der Waals surface area contributed by atoms with Crippen LogP contribution in [0.4, 0.5) is 10.5 Å². The van der Waals surface area contributed by atoms with Gasteiger partial charge in [0.25, 0.3) is 0 Å². The van der Waals surface area contributed by atoms with E-state index in [1.807, 2.05) is 6.07 Å². The molecule has 0 heterocycles. The molecule has 0 fully saturated rings. The van der Waals surface area contributed by atoms with Crippen LogP contribution in [0.3, 0.4) is 0 Å². The SMILES string of the molecule is CO[C@H](CC/C=C/C(=O)O)[C@H](OC(=O)Nc1ccccc1)c1cc(Br)cc(Br)c1O. The molecule has 0 unspecified atom stereocenters. The molecule has 0 aromatic heterocycles. The monoisotopic (exact) mass is 541 g/mol. The van der Waals surface area contributed by atoms with Crippen molar-refractivity contribution in [1.29, 1.82) is 0 Å². The van der Waals surface area contributed by atoms with Gasteiger partial charge >= 0.3 is 12.1 Å². The number of nitrogens with one attached hydrogen (secondary N) is 1. The number of aliphatic carboxylic acids is 1. The molecule has 2 atom stereocenters. The maximum Gasteiger partial charge on any atom is 0.412 e. The molecule has 0 aliphatic heterocycles. The molecule has 2 aromatic rings. The number of aromatic hydroxyl groups is 1. The van der Waals surface area contributed by atoms with Crippen LogP contribution in [-0.4, -0.2) is 35.5 Å². The molecule has 9 heteroatoms.